The summed E-state index contributed by atoms with van der Waals surface area (Å²) in [7, 11) is 0. The van der Waals surface area contributed by atoms with Gasteiger partial charge in [-0.25, -0.2) is 9.37 Å². The van der Waals surface area contributed by atoms with Crippen LogP contribution in [0, 0.1) is 12.7 Å². The Morgan fingerprint density at radius 2 is 1.96 bits per heavy atom. The maximum Gasteiger partial charge on any atom is 0.261 e. The van der Waals surface area contributed by atoms with E-state index in [1.807, 2.05) is 13.0 Å². The fraction of sp³-hybridized carbons (Fsp3) is 0.211. The van der Waals surface area contributed by atoms with E-state index in [9.17, 15) is 14.0 Å². The van der Waals surface area contributed by atoms with Crippen LogP contribution in [-0.4, -0.2) is 15.5 Å². The number of aromatic nitrogens is 2. The number of nitrogens with zero attached hydrogens (tertiary/aromatic N) is 2. The average molecular weight is 339 g/mol. The first-order valence-electron chi connectivity index (χ1n) is 7.95. The third-order valence-electron chi connectivity index (χ3n) is 4.12. The lowest BCUT2D eigenvalue weighted by Crippen LogP contribution is -2.34. The molecule has 0 aliphatic carbocycles. The molecule has 1 amide bonds. The third kappa shape index (κ3) is 3.57. The van der Waals surface area contributed by atoms with Crippen molar-refractivity contribution in [2.24, 2.45) is 0 Å². The highest BCUT2D eigenvalue weighted by Crippen LogP contribution is 2.13. The first-order valence-corrected chi connectivity index (χ1v) is 7.95. The van der Waals surface area contributed by atoms with Gasteiger partial charge in [-0.2, -0.15) is 0 Å². The minimum Gasteiger partial charge on any atom is -0.348 e. The van der Waals surface area contributed by atoms with Crippen LogP contribution >= 0.6 is 0 Å². The Morgan fingerprint density at radius 3 is 2.68 bits per heavy atom. The zero-order valence-electron chi connectivity index (χ0n) is 14.0. The molecule has 3 aromatic rings. The maximum atomic E-state index is 13.0. The number of carbonyl (C=O) groups excluding carboxylic acids is 1. The summed E-state index contributed by atoms with van der Waals surface area (Å²) in [5, 5.41) is 3.29. The van der Waals surface area contributed by atoms with E-state index < -0.39 is 0 Å². The van der Waals surface area contributed by atoms with Crippen molar-refractivity contribution in [2.75, 3.05) is 0 Å². The number of amides is 1. The molecule has 1 unspecified atom stereocenters. The molecule has 0 spiro atoms. The summed E-state index contributed by atoms with van der Waals surface area (Å²) in [6.07, 6.45) is 1.39. The Bertz CT molecular complexity index is 980. The molecule has 0 saturated carbocycles. The van der Waals surface area contributed by atoms with Crippen molar-refractivity contribution in [3.8, 4) is 0 Å². The van der Waals surface area contributed by atoms with Gasteiger partial charge in [-0.15, -0.1) is 0 Å². The molecule has 0 fully saturated rings. The van der Waals surface area contributed by atoms with Gasteiger partial charge in [0.05, 0.1) is 23.3 Å². The second kappa shape index (κ2) is 6.84. The molecule has 0 radical (unpaired) electrons. The zero-order chi connectivity index (χ0) is 18.0. The molecule has 0 aliphatic rings. The van der Waals surface area contributed by atoms with Crippen LogP contribution in [0.25, 0.3) is 10.9 Å². The van der Waals surface area contributed by atoms with Crippen molar-refractivity contribution in [1.82, 2.24) is 14.9 Å². The predicted molar refractivity (Wildman–Crippen MR) is 93.7 cm³/mol. The van der Waals surface area contributed by atoms with Crippen molar-refractivity contribution >= 4 is 16.8 Å². The monoisotopic (exact) mass is 339 g/mol. The van der Waals surface area contributed by atoms with Crippen LogP contribution in [0.4, 0.5) is 4.39 Å². The van der Waals surface area contributed by atoms with Crippen LogP contribution in [0.5, 0.6) is 0 Å². The summed E-state index contributed by atoms with van der Waals surface area (Å²) < 4.78 is 14.3. The Morgan fingerprint density at radius 1 is 1.24 bits per heavy atom. The van der Waals surface area contributed by atoms with Gasteiger partial charge < -0.3 is 5.32 Å². The highest BCUT2D eigenvalue weighted by atomic mass is 19.1. The second-order valence-corrected chi connectivity index (χ2v) is 5.99. The number of hydrogen-bond donors (Lipinski definition) is 1. The first kappa shape index (κ1) is 16.8. The van der Waals surface area contributed by atoms with Crippen LogP contribution in [-0.2, 0) is 11.3 Å². The number of halogens is 1. The topological polar surface area (TPSA) is 64.0 Å². The molecule has 1 N–H and O–H groups in total. The number of benzene rings is 2. The molecule has 0 saturated heterocycles. The summed E-state index contributed by atoms with van der Waals surface area (Å²) in [4.78, 5) is 29.0. The van der Waals surface area contributed by atoms with Gasteiger partial charge in [0.25, 0.3) is 5.56 Å². The SMILES string of the molecule is Cc1cccc2c(=O)n(CC(=O)NC(C)c3ccc(F)cc3)cnc12. The predicted octanol–water partition coefficient (Wildman–Crippen LogP) is 2.72. The van der Waals surface area contributed by atoms with E-state index in [4.69, 9.17) is 0 Å². The summed E-state index contributed by atoms with van der Waals surface area (Å²) in [6, 6.07) is 11.0. The zero-order valence-corrected chi connectivity index (χ0v) is 14.0. The normalized spacial score (nSPS) is 12.1. The molecular formula is C19H18FN3O2. The van der Waals surface area contributed by atoms with Crippen molar-refractivity contribution in [2.45, 2.75) is 26.4 Å². The Kier molecular flexibility index (Phi) is 4.61. The van der Waals surface area contributed by atoms with Crippen LogP contribution in [0.15, 0.2) is 53.6 Å². The summed E-state index contributed by atoms with van der Waals surface area (Å²) in [5.41, 5.74) is 2.09. The molecule has 1 atom stereocenters. The van der Waals surface area contributed by atoms with Gasteiger partial charge >= 0.3 is 0 Å². The average Bonchev–Trinajstić information content (AvgIpc) is 2.58. The minimum atomic E-state index is -0.327. The van der Waals surface area contributed by atoms with Gasteiger partial charge in [0.1, 0.15) is 12.4 Å². The van der Waals surface area contributed by atoms with Crippen LogP contribution in [0.2, 0.25) is 0 Å². The van der Waals surface area contributed by atoms with E-state index in [1.54, 1.807) is 31.2 Å². The molecule has 0 aliphatic heterocycles. The number of nitrogens with one attached hydrogen (secondary N) is 1. The smallest absolute Gasteiger partial charge is 0.261 e. The van der Waals surface area contributed by atoms with Gasteiger partial charge in [0.15, 0.2) is 0 Å². The molecule has 0 bridgehead atoms. The van der Waals surface area contributed by atoms with Crippen molar-refractivity contribution in [3.05, 3.63) is 76.1 Å². The van der Waals surface area contributed by atoms with E-state index in [2.05, 4.69) is 10.3 Å². The maximum absolute atomic E-state index is 13.0. The largest absolute Gasteiger partial charge is 0.348 e. The minimum absolute atomic E-state index is 0.124. The second-order valence-electron chi connectivity index (χ2n) is 5.99. The van der Waals surface area contributed by atoms with Crippen molar-refractivity contribution < 1.29 is 9.18 Å². The Labute approximate surface area is 144 Å². The summed E-state index contributed by atoms with van der Waals surface area (Å²) in [5.74, 6) is -0.640. The first-order chi connectivity index (χ1) is 12.0. The molecule has 128 valence electrons. The van der Waals surface area contributed by atoms with E-state index in [0.717, 1.165) is 11.1 Å². The van der Waals surface area contributed by atoms with E-state index >= 15 is 0 Å². The summed E-state index contributed by atoms with van der Waals surface area (Å²) in [6.45, 7) is 3.56. The molecule has 1 aromatic heterocycles. The van der Waals surface area contributed by atoms with Crippen LogP contribution in [0.3, 0.4) is 0 Å². The summed E-state index contributed by atoms with van der Waals surface area (Å²) >= 11 is 0. The van der Waals surface area contributed by atoms with Gasteiger partial charge in [-0.05, 0) is 43.2 Å². The van der Waals surface area contributed by atoms with E-state index in [0.29, 0.717) is 10.9 Å². The molecule has 1 heterocycles. The standard InChI is InChI=1S/C19H18FN3O2/c1-12-4-3-5-16-18(12)21-11-23(19(16)25)10-17(24)22-13(2)14-6-8-15(20)9-7-14/h3-9,11,13H,10H2,1-2H3,(H,22,24). The number of fused-ring (bicyclic) bond motifs is 1. The lowest BCUT2D eigenvalue weighted by molar-refractivity contribution is -0.122. The highest BCUT2D eigenvalue weighted by Gasteiger charge is 2.12. The fourth-order valence-electron chi connectivity index (χ4n) is 2.73. The highest BCUT2D eigenvalue weighted by molar-refractivity contribution is 5.81. The molecule has 6 heteroatoms. The van der Waals surface area contributed by atoms with Gasteiger partial charge in [0, 0.05) is 0 Å². The molecular weight excluding hydrogens is 321 g/mol. The number of aryl methyl sites for hydroxylation is 1. The van der Waals surface area contributed by atoms with Gasteiger partial charge in [0.2, 0.25) is 5.91 Å². The lowest BCUT2D eigenvalue weighted by Gasteiger charge is -2.15. The molecule has 5 nitrogen and oxygen atoms in total. The number of carbonyl (C=O) groups is 1. The molecule has 25 heavy (non-hydrogen) atoms. The fourth-order valence-corrected chi connectivity index (χ4v) is 2.73. The van der Waals surface area contributed by atoms with E-state index in [-0.39, 0.29) is 29.9 Å². The van der Waals surface area contributed by atoms with Crippen molar-refractivity contribution in [1.29, 1.82) is 0 Å². The van der Waals surface area contributed by atoms with E-state index in [1.165, 1.54) is 23.0 Å². The van der Waals surface area contributed by atoms with Gasteiger partial charge in [-0.1, -0.05) is 24.3 Å². The number of hydrogen-bond acceptors (Lipinski definition) is 3. The lowest BCUT2D eigenvalue weighted by atomic mass is 10.1. The molecule has 3 rings (SSSR count). The van der Waals surface area contributed by atoms with Crippen LogP contribution < -0.4 is 10.9 Å². The van der Waals surface area contributed by atoms with Crippen LogP contribution in [0.1, 0.15) is 24.1 Å². The molecule has 2 aromatic carbocycles. The quantitative estimate of drug-likeness (QED) is 0.795. The Balaban J connectivity index is 1.77. The third-order valence-corrected chi connectivity index (χ3v) is 4.12. The van der Waals surface area contributed by atoms with Crippen molar-refractivity contribution in [3.63, 3.8) is 0 Å². The number of rotatable bonds is 4. The Hall–Kier alpha value is -3.02. The number of para-hydroxylation sites is 1. The van der Waals surface area contributed by atoms with Gasteiger partial charge in [-0.3, -0.25) is 14.2 Å².